The minimum absolute atomic E-state index is 0.0916. The van der Waals surface area contributed by atoms with E-state index >= 15 is 0 Å². The highest BCUT2D eigenvalue weighted by molar-refractivity contribution is 5.23. The van der Waals surface area contributed by atoms with Crippen LogP contribution in [0.3, 0.4) is 0 Å². The van der Waals surface area contributed by atoms with Crippen LogP contribution in [-0.4, -0.2) is 23.9 Å². The van der Waals surface area contributed by atoms with Crippen LogP contribution in [0.1, 0.15) is 18.1 Å². The summed E-state index contributed by atoms with van der Waals surface area (Å²) >= 11 is 0. The zero-order valence-electron chi connectivity index (χ0n) is 8.57. The predicted molar refractivity (Wildman–Crippen MR) is 53.7 cm³/mol. The zero-order chi connectivity index (χ0) is 11.7. The van der Waals surface area contributed by atoms with Gasteiger partial charge in [-0.25, -0.2) is 8.78 Å². The third-order valence-electron chi connectivity index (χ3n) is 2.67. The second-order valence-electron chi connectivity index (χ2n) is 3.97. The van der Waals surface area contributed by atoms with E-state index in [4.69, 9.17) is 10.5 Å². The van der Waals surface area contributed by atoms with Crippen LogP contribution in [0.15, 0.2) is 18.2 Å². The van der Waals surface area contributed by atoms with Gasteiger partial charge in [0.1, 0.15) is 17.7 Å². The minimum atomic E-state index is -0.695. The lowest BCUT2D eigenvalue weighted by molar-refractivity contribution is -0.0695. The second-order valence-corrected chi connectivity index (χ2v) is 3.97. The topological polar surface area (TPSA) is 55.5 Å². The van der Waals surface area contributed by atoms with Gasteiger partial charge in [0.05, 0.1) is 12.7 Å². The molecule has 1 aromatic rings. The molecule has 1 fully saturated rings. The molecule has 16 heavy (non-hydrogen) atoms. The minimum Gasteiger partial charge on any atom is -0.391 e. The van der Waals surface area contributed by atoms with Gasteiger partial charge in [0, 0.05) is 11.6 Å². The molecule has 88 valence electrons. The fraction of sp³-hybridized carbons (Fsp3) is 0.455. The number of rotatable bonds is 1. The molecule has 3 atom stereocenters. The van der Waals surface area contributed by atoms with E-state index in [0.29, 0.717) is 6.42 Å². The Balaban J connectivity index is 2.26. The molecule has 3 N–H and O–H groups in total. The van der Waals surface area contributed by atoms with Gasteiger partial charge in [-0.05, 0) is 24.6 Å². The molecule has 0 radical (unpaired) electrons. The van der Waals surface area contributed by atoms with Gasteiger partial charge in [0.2, 0.25) is 0 Å². The maximum absolute atomic E-state index is 13.5. The molecule has 5 heteroatoms. The molecule has 0 aliphatic carbocycles. The Morgan fingerprint density at radius 1 is 1.38 bits per heavy atom. The highest BCUT2D eigenvalue weighted by atomic mass is 19.1. The van der Waals surface area contributed by atoms with Crippen LogP contribution in [0, 0.1) is 11.6 Å². The quantitative estimate of drug-likeness (QED) is 0.758. The molecule has 1 saturated heterocycles. The third-order valence-corrected chi connectivity index (χ3v) is 2.67. The van der Waals surface area contributed by atoms with Crippen molar-refractivity contribution in [2.24, 2.45) is 5.73 Å². The first kappa shape index (κ1) is 11.4. The summed E-state index contributed by atoms with van der Waals surface area (Å²) < 4.78 is 31.7. The maximum atomic E-state index is 13.5. The number of halogens is 2. The van der Waals surface area contributed by atoms with Crippen LogP contribution >= 0.6 is 0 Å². The second kappa shape index (κ2) is 4.45. The summed E-state index contributed by atoms with van der Waals surface area (Å²) in [6.07, 6.45) is -1.01. The SMILES string of the molecule is NC1CC(O)COC1c1cc(F)ccc1F. The molecule has 3 nitrogen and oxygen atoms in total. The van der Waals surface area contributed by atoms with E-state index in [1.165, 1.54) is 0 Å². The fourth-order valence-corrected chi connectivity index (χ4v) is 1.90. The number of hydrogen-bond acceptors (Lipinski definition) is 3. The Morgan fingerprint density at radius 2 is 2.12 bits per heavy atom. The van der Waals surface area contributed by atoms with Gasteiger partial charge in [0.15, 0.2) is 0 Å². The summed E-state index contributed by atoms with van der Waals surface area (Å²) in [5.74, 6) is -1.07. The molecule has 1 aromatic carbocycles. The fourth-order valence-electron chi connectivity index (χ4n) is 1.90. The van der Waals surface area contributed by atoms with Crippen LogP contribution in [-0.2, 0) is 4.74 Å². The summed E-state index contributed by atoms with van der Waals surface area (Å²) in [5, 5.41) is 9.30. The monoisotopic (exact) mass is 229 g/mol. The number of benzene rings is 1. The van der Waals surface area contributed by atoms with E-state index in [2.05, 4.69) is 0 Å². The van der Waals surface area contributed by atoms with Crippen LogP contribution in [0.25, 0.3) is 0 Å². The van der Waals surface area contributed by atoms with Crippen molar-refractivity contribution in [2.75, 3.05) is 6.61 Å². The van der Waals surface area contributed by atoms with Gasteiger partial charge in [-0.2, -0.15) is 0 Å². The summed E-state index contributed by atoms with van der Waals surface area (Å²) in [7, 11) is 0. The zero-order valence-corrected chi connectivity index (χ0v) is 8.57. The van der Waals surface area contributed by atoms with E-state index in [1.54, 1.807) is 0 Å². The maximum Gasteiger partial charge on any atom is 0.129 e. The molecule has 0 saturated carbocycles. The van der Waals surface area contributed by atoms with E-state index < -0.39 is 29.9 Å². The smallest absolute Gasteiger partial charge is 0.129 e. The average molecular weight is 229 g/mol. The first-order valence-corrected chi connectivity index (χ1v) is 5.08. The highest BCUT2D eigenvalue weighted by Gasteiger charge is 2.30. The molecular formula is C11H13F2NO2. The summed E-state index contributed by atoms with van der Waals surface area (Å²) in [6.45, 7) is 0.0916. The van der Waals surface area contributed by atoms with Gasteiger partial charge < -0.3 is 15.6 Å². The lowest BCUT2D eigenvalue weighted by Crippen LogP contribution is -2.41. The molecule has 2 rings (SSSR count). The highest BCUT2D eigenvalue weighted by Crippen LogP contribution is 2.29. The first-order valence-electron chi connectivity index (χ1n) is 5.08. The van der Waals surface area contributed by atoms with Crippen LogP contribution < -0.4 is 5.73 Å². The van der Waals surface area contributed by atoms with E-state index in [0.717, 1.165) is 18.2 Å². The van der Waals surface area contributed by atoms with Crippen LogP contribution in [0.4, 0.5) is 8.78 Å². The number of aliphatic hydroxyl groups is 1. The Morgan fingerprint density at radius 3 is 2.81 bits per heavy atom. The van der Waals surface area contributed by atoms with E-state index in [1.807, 2.05) is 0 Å². The Kier molecular flexibility index (Phi) is 3.18. The standard InChI is InChI=1S/C11H13F2NO2/c12-6-1-2-9(13)8(3-6)11-10(14)4-7(15)5-16-11/h1-3,7,10-11,15H,4-5,14H2. The molecule has 3 unspecified atom stereocenters. The summed E-state index contributed by atoms with van der Waals surface area (Å²) in [5.41, 5.74) is 5.86. The van der Waals surface area contributed by atoms with Crippen molar-refractivity contribution in [2.45, 2.75) is 24.7 Å². The molecule has 1 aliphatic rings. The van der Waals surface area contributed by atoms with Crippen molar-refractivity contribution in [3.05, 3.63) is 35.4 Å². The van der Waals surface area contributed by atoms with Crippen molar-refractivity contribution in [1.29, 1.82) is 0 Å². The molecule has 1 aliphatic heterocycles. The first-order chi connectivity index (χ1) is 7.58. The Labute approximate surface area is 91.8 Å². The predicted octanol–water partition coefficient (Wildman–Crippen LogP) is 1.11. The average Bonchev–Trinajstić information content (AvgIpc) is 2.22. The Hall–Kier alpha value is -1.04. The number of hydrogen-bond donors (Lipinski definition) is 2. The van der Waals surface area contributed by atoms with Crippen molar-refractivity contribution in [3.63, 3.8) is 0 Å². The van der Waals surface area contributed by atoms with Crippen molar-refractivity contribution >= 4 is 0 Å². The largest absolute Gasteiger partial charge is 0.391 e. The van der Waals surface area contributed by atoms with Gasteiger partial charge in [-0.15, -0.1) is 0 Å². The van der Waals surface area contributed by atoms with Gasteiger partial charge >= 0.3 is 0 Å². The number of aliphatic hydroxyl groups excluding tert-OH is 1. The number of nitrogens with two attached hydrogens (primary N) is 1. The van der Waals surface area contributed by atoms with Gasteiger partial charge in [-0.1, -0.05) is 0 Å². The summed E-state index contributed by atoms with van der Waals surface area (Å²) in [4.78, 5) is 0. The van der Waals surface area contributed by atoms with Crippen molar-refractivity contribution < 1.29 is 18.6 Å². The lowest BCUT2D eigenvalue weighted by Gasteiger charge is -2.32. The molecule has 0 spiro atoms. The molecule has 0 bridgehead atoms. The third kappa shape index (κ3) is 2.21. The van der Waals surface area contributed by atoms with Crippen molar-refractivity contribution in [3.8, 4) is 0 Å². The van der Waals surface area contributed by atoms with Crippen molar-refractivity contribution in [1.82, 2.24) is 0 Å². The summed E-state index contributed by atoms with van der Waals surface area (Å²) in [6, 6.07) is 2.64. The van der Waals surface area contributed by atoms with E-state index in [9.17, 15) is 13.9 Å². The molecule has 0 aromatic heterocycles. The van der Waals surface area contributed by atoms with Gasteiger partial charge in [-0.3, -0.25) is 0 Å². The molecular weight excluding hydrogens is 216 g/mol. The van der Waals surface area contributed by atoms with E-state index in [-0.39, 0.29) is 12.2 Å². The molecule has 0 amide bonds. The molecule has 1 heterocycles. The Bertz CT molecular complexity index is 386. The number of ether oxygens (including phenoxy) is 1. The normalized spacial score (nSPS) is 30.4. The lowest BCUT2D eigenvalue weighted by atomic mass is 9.95. The van der Waals surface area contributed by atoms with Gasteiger partial charge in [0.25, 0.3) is 0 Å². The van der Waals surface area contributed by atoms with Crippen LogP contribution in [0.5, 0.6) is 0 Å². The van der Waals surface area contributed by atoms with Crippen LogP contribution in [0.2, 0.25) is 0 Å².